The lowest BCUT2D eigenvalue weighted by molar-refractivity contribution is -0.142. The van der Waals surface area contributed by atoms with Crippen LogP contribution in [-0.2, 0) is 16.1 Å². The highest BCUT2D eigenvalue weighted by atomic mass is 16.4. The van der Waals surface area contributed by atoms with Crippen molar-refractivity contribution in [1.29, 1.82) is 0 Å². The van der Waals surface area contributed by atoms with Gasteiger partial charge in [-0.3, -0.25) is 4.79 Å². The molecule has 26 heavy (non-hydrogen) atoms. The Morgan fingerprint density at radius 3 is 2.73 bits per heavy atom. The van der Waals surface area contributed by atoms with Crippen LogP contribution in [0.5, 0.6) is 0 Å². The van der Waals surface area contributed by atoms with Gasteiger partial charge in [-0.15, -0.1) is 0 Å². The van der Waals surface area contributed by atoms with Crippen LogP contribution < -0.4 is 16.4 Å². The van der Waals surface area contributed by atoms with Crippen LogP contribution in [0.3, 0.4) is 0 Å². The standard InChI is InChI=1S/C18H24N4O4/c1-12-4-5-15-13(11-12)6-9-22(15)10-7-16(23)21-14(17(24)25)3-2-8-20-18(19)26/h4-6,9,11,14H,2-3,7-8,10H2,1H3,(H,21,23)(H,24,25)(H3,19,20,26). The average molecular weight is 360 g/mol. The summed E-state index contributed by atoms with van der Waals surface area (Å²) >= 11 is 0. The average Bonchev–Trinajstić information content (AvgIpc) is 2.97. The van der Waals surface area contributed by atoms with E-state index in [-0.39, 0.29) is 25.3 Å². The van der Waals surface area contributed by atoms with Crippen LogP contribution in [0.15, 0.2) is 30.5 Å². The number of nitrogens with one attached hydrogen (secondary N) is 2. The maximum absolute atomic E-state index is 12.1. The molecule has 140 valence electrons. The minimum Gasteiger partial charge on any atom is -0.480 e. The number of benzene rings is 1. The Morgan fingerprint density at radius 2 is 2.04 bits per heavy atom. The number of carbonyl (C=O) groups excluding carboxylic acids is 2. The molecule has 0 fully saturated rings. The molecule has 0 aliphatic rings. The molecule has 0 bridgehead atoms. The number of urea groups is 1. The SMILES string of the molecule is Cc1ccc2c(ccn2CCC(=O)NC(CCCNC(N)=O)C(=O)O)c1. The summed E-state index contributed by atoms with van der Waals surface area (Å²) in [5.41, 5.74) is 7.15. The van der Waals surface area contributed by atoms with Crippen LogP contribution in [-0.4, -0.2) is 40.2 Å². The van der Waals surface area contributed by atoms with Gasteiger partial charge in [-0.05, 0) is 43.4 Å². The van der Waals surface area contributed by atoms with E-state index >= 15 is 0 Å². The highest BCUT2D eigenvalue weighted by Crippen LogP contribution is 2.17. The molecule has 1 heterocycles. The molecule has 0 saturated heterocycles. The number of primary amides is 1. The molecule has 3 amide bonds. The molecule has 2 rings (SSSR count). The third-order valence-electron chi connectivity index (χ3n) is 4.11. The van der Waals surface area contributed by atoms with Gasteiger partial charge in [0.1, 0.15) is 6.04 Å². The topological polar surface area (TPSA) is 126 Å². The number of nitrogens with zero attached hydrogens (tertiary/aromatic N) is 1. The summed E-state index contributed by atoms with van der Waals surface area (Å²) in [5, 5.41) is 15.2. The zero-order chi connectivity index (χ0) is 19.1. The smallest absolute Gasteiger partial charge is 0.326 e. The van der Waals surface area contributed by atoms with Gasteiger partial charge >= 0.3 is 12.0 Å². The van der Waals surface area contributed by atoms with E-state index in [1.165, 1.54) is 5.56 Å². The predicted octanol–water partition coefficient (Wildman–Crippen LogP) is 1.36. The minimum absolute atomic E-state index is 0.182. The van der Waals surface area contributed by atoms with Crippen molar-refractivity contribution in [2.24, 2.45) is 5.73 Å². The number of rotatable bonds is 9. The number of carboxylic acid groups (broad SMARTS) is 1. The Morgan fingerprint density at radius 1 is 1.27 bits per heavy atom. The summed E-state index contributed by atoms with van der Waals surface area (Å²) in [7, 11) is 0. The fourth-order valence-electron chi connectivity index (χ4n) is 2.78. The molecule has 1 aromatic carbocycles. The second-order valence-corrected chi connectivity index (χ2v) is 6.21. The number of aliphatic carboxylic acids is 1. The Bertz CT molecular complexity index is 800. The van der Waals surface area contributed by atoms with E-state index in [4.69, 9.17) is 5.73 Å². The number of hydrogen-bond acceptors (Lipinski definition) is 3. The fourth-order valence-corrected chi connectivity index (χ4v) is 2.78. The van der Waals surface area contributed by atoms with E-state index in [2.05, 4.69) is 16.7 Å². The first-order chi connectivity index (χ1) is 12.4. The number of aryl methyl sites for hydroxylation is 2. The second-order valence-electron chi connectivity index (χ2n) is 6.21. The molecular weight excluding hydrogens is 336 g/mol. The summed E-state index contributed by atoms with van der Waals surface area (Å²) in [6.45, 7) is 2.76. The molecule has 0 aliphatic heterocycles. The first-order valence-electron chi connectivity index (χ1n) is 8.48. The van der Waals surface area contributed by atoms with Gasteiger partial charge < -0.3 is 26.0 Å². The van der Waals surface area contributed by atoms with Gasteiger partial charge in [-0.1, -0.05) is 11.6 Å². The summed E-state index contributed by atoms with van der Waals surface area (Å²) in [6.07, 6.45) is 2.72. The molecule has 0 aliphatic carbocycles. The molecule has 1 unspecified atom stereocenters. The van der Waals surface area contributed by atoms with E-state index in [1.54, 1.807) is 0 Å². The molecule has 0 spiro atoms. The first kappa shape index (κ1) is 19.3. The van der Waals surface area contributed by atoms with E-state index in [9.17, 15) is 19.5 Å². The van der Waals surface area contributed by atoms with Crippen LogP contribution >= 0.6 is 0 Å². The van der Waals surface area contributed by atoms with Gasteiger partial charge in [-0.25, -0.2) is 9.59 Å². The lowest BCUT2D eigenvalue weighted by atomic mass is 10.1. The maximum atomic E-state index is 12.1. The van der Waals surface area contributed by atoms with Crippen LogP contribution in [0.25, 0.3) is 10.9 Å². The largest absolute Gasteiger partial charge is 0.480 e. The Balaban J connectivity index is 1.85. The number of nitrogens with two attached hydrogens (primary N) is 1. The molecule has 2 aromatic rings. The van der Waals surface area contributed by atoms with Crippen molar-refractivity contribution in [3.63, 3.8) is 0 Å². The third-order valence-corrected chi connectivity index (χ3v) is 4.11. The Labute approximate surface area is 151 Å². The molecule has 1 atom stereocenters. The zero-order valence-electron chi connectivity index (χ0n) is 14.7. The van der Waals surface area contributed by atoms with Crippen molar-refractivity contribution in [2.45, 2.75) is 38.8 Å². The van der Waals surface area contributed by atoms with Crippen LogP contribution in [0.4, 0.5) is 4.79 Å². The van der Waals surface area contributed by atoms with Gasteiger partial charge in [0.15, 0.2) is 0 Å². The number of carbonyl (C=O) groups is 3. The molecule has 8 heteroatoms. The number of hydrogen-bond donors (Lipinski definition) is 4. The van der Waals surface area contributed by atoms with Crippen molar-refractivity contribution in [1.82, 2.24) is 15.2 Å². The minimum atomic E-state index is -1.10. The van der Waals surface area contributed by atoms with Gasteiger partial charge in [-0.2, -0.15) is 0 Å². The number of carboxylic acids is 1. The zero-order valence-corrected chi connectivity index (χ0v) is 14.7. The molecule has 1 aromatic heterocycles. The lowest BCUT2D eigenvalue weighted by Gasteiger charge is -2.15. The molecule has 5 N–H and O–H groups in total. The summed E-state index contributed by atoms with van der Waals surface area (Å²) < 4.78 is 1.97. The van der Waals surface area contributed by atoms with Crippen molar-refractivity contribution in [3.8, 4) is 0 Å². The lowest BCUT2D eigenvalue weighted by Crippen LogP contribution is -2.41. The quantitative estimate of drug-likeness (QED) is 0.504. The van der Waals surface area contributed by atoms with Gasteiger partial charge in [0.05, 0.1) is 0 Å². The van der Waals surface area contributed by atoms with Crippen molar-refractivity contribution in [3.05, 3.63) is 36.0 Å². The predicted molar refractivity (Wildman–Crippen MR) is 97.7 cm³/mol. The van der Waals surface area contributed by atoms with Gasteiger partial charge in [0.25, 0.3) is 0 Å². The normalized spacial score (nSPS) is 11.9. The highest BCUT2D eigenvalue weighted by Gasteiger charge is 2.19. The van der Waals surface area contributed by atoms with Crippen LogP contribution in [0, 0.1) is 6.92 Å². The summed E-state index contributed by atoms with van der Waals surface area (Å²) in [6, 6.07) is 6.45. The maximum Gasteiger partial charge on any atom is 0.326 e. The van der Waals surface area contributed by atoms with E-state index in [0.29, 0.717) is 13.0 Å². The Hall–Kier alpha value is -3.03. The summed E-state index contributed by atoms with van der Waals surface area (Å²) in [4.78, 5) is 34.0. The second kappa shape index (κ2) is 8.89. The first-order valence-corrected chi connectivity index (χ1v) is 8.48. The van der Waals surface area contributed by atoms with Crippen LogP contribution in [0.2, 0.25) is 0 Å². The van der Waals surface area contributed by atoms with E-state index in [0.717, 1.165) is 10.9 Å². The Kier molecular flexibility index (Phi) is 6.60. The third kappa shape index (κ3) is 5.51. The monoisotopic (exact) mass is 360 g/mol. The molecule has 0 saturated carbocycles. The van der Waals surface area contributed by atoms with Gasteiger partial charge in [0, 0.05) is 31.2 Å². The van der Waals surface area contributed by atoms with Crippen molar-refractivity contribution < 1.29 is 19.5 Å². The fraction of sp³-hybridized carbons (Fsp3) is 0.389. The highest BCUT2D eigenvalue weighted by molar-refractivity contribution is 5.84. The number of amides is 3. The number of fused-ring (bicyclic) bond motifs is 1. The van der Waals surface area contributed by atoms with E-state index < -0.39 is 18.0 Å². The van der Waals surface area contributed by atoms with Crippen molar-refractivity contribution in [2.75, 3.05) is 6.54 Å². The van der Waals surface area contributed by atoms with Crippen molar-refractivity contribution >= 4 is 28.8 Å². The molecular formula is C18H24N4O4. The van der Waals surface area contributed by atoms with E-state index in [1.807, 2.05) is 35.9 Å². The van der Waals surface area contributed by atoms with Gasteiger partial charge in [0.2, 0.25) is 5.91 Å². The summed E-state index contributed by atoms with van der Waals surface area (Å²) in [5.74, 6) is -1.42. The molecule has 8 nitrogen and oxygen atoms in total. The van der Waals surface area contributed by atoms with Crippen LogP contribution in [0.1, 0.15) is 24.8 Å². The molecule has 0 radical (unpaired) electrons. The number of aromatic nitrogens is 1.